The molecule has 3 aliphatic heterocycles. The summed E-state index contributed by atoms with van der Waals surface area (Å²) in [6.45, 7) is 4.13. The second-order valence-corrected chi connectivity index (χ2v) is 9.36. The molecule has 31 heavy (non-hydrogen) atoms. The van der Waals surface area contributed by atoms with Crippen LogP contribution in [0, 0.1) is 17.8 Å². The van der Waals surface area contributed by atoms with Gasteiger partial charge in [0.05, 0.1) is 12.6 Å². The van der Waals surface area contributed by atoms with Crippen LogP contribution in [0.15, 0.2) is 18.2 Å². The van der Waals surface area contributed by atoms with Crippen molar-refractivity contribution in [1.29, 1.82) is 0 Å². The van der Waals surface area contributed by atoms with Gasteiger partial charge in [-0.3, -0.25) is 14.5 Å². The minimum atomic E-state index is -0.0860. The Balaban J connectivity index is 1.20. The van der Waals surface area contributed by atoms with E-state index in [-0.39, 0.29) is 49.3 Å². The van der Waals surface area contributed by atoms with Gasteiger partial charge >= 0.3 is 0 Å². The van der Waals surface area contributed by atoms with Crippen molar-refractivity contribution in [3.63, 3.8) is 0 Å². The largest absolute Gasteiger partial charge is 0.454 e. The number of rotatable bonds is 4. The zero-order valence-corrected chi connectivity index (χ0v) is 18.1. The van der Waals surface area contributed by atoms with E-state index in [0.717, 1.165) is 25.8 Å². The van der Waals surface area contributed by atoms with E-state index < -0.39 is 0 Å². The Kier molecular flexibility index (Phi) is 5.62. The van der Waals surface area contributed by atoms with Gasteiger partial charge in [0, 0.05) is 55.9 Å². The number of carbonyl (C=O) groups excluding carboxylic acids is 2. The van der Waals surface area contributed by atoms with Gasteiger partial charge in [0.1, 0.15) is 5.78 Å². The van der Waals surface area contributed by atoms with E-state index >= 15 is 0 Å². The lowest BCUT2D eigenvalue weighted by Gasteiger charge is -2.51. The van der Waals surface area contributed by atoms with Gasteiger partial charge in [-0.05, 0) is 37.3 Å². The highest BCUT2D eigenvalue weighted by atomic mass is 16.7. The number of amides is 1. The molecule has 0 aromatic heterocycles. The molecule has 0 spiro atoms. The third-order valence-electron chi connectivity index (χ3n) is 7.39. The molecule has 1 saturated carbocycles. The Morgan fingerprint density at radius 1 is 1.26 bits per heavy atom. The zero-order valence-electron chi connectivity index (χ0n) is 18.1. The number of benzene rings is 1. The number of nitrogens with zero attached hydrogens (tertiary/aromatic N) is 1. The number of anilines is 1. The van der Waals surface area contributed by atoms with Gasteiger partial charge < -0.3 is 24.8 Å². The molecular weight excluding hydrogens is 398 g/mol. The molecule has 2 saturated heterocycles. The van der Waals surface area contributed by atoms with Crippen LogP contribution in [0.3, 0.4) is 0 Å². The molecule has 1 amide bonds. The fraction of sp³-hybridized carbons (Fsp3) is 0.652. The minimum Gasteiger partial charge on any atom is -0.454 e. The number of likely N-dealkylation sites (tertiary alicyclic amines) is 1. The molecule has 6 atom stereocenters. The summed E-state index contributed by atoms with van der Waals surface area (Å²) in [5.74, 6) is 1.98. The van der Waals surface area contributed by atoms with Crippen molar-refractivity contribution in [2.45, 2.75) is 44.4 Å². The fourth-order valence-corrected chi connectivity index (χ4v) is 5.80. The van der Waals surface area contributed by atoms with Crippen LogP contribution in [0.25, 0.3) is 0 Å². The number of methoxy groups -OCH3 is 1. The van der Waals surface area contributed by atoms with Crippen molar-refractivity contribution in [2.24, 2.45) is 17.8 Å². The molecule has 4 aliphatic rings. The van der Waals surface area contributed by atoms with Crippen molar-refractivity contribution in [3.8, 4) is 11.5 Å². The number of hydrogen-bond acceptors (Lipinski definition) is 7. The Morgan fingerprint density at radius 3 is 2.94 bits per heavy atom. The number of piperidine rings is 2. The van der Waals surface area contributed by atoms with E-state index in [4.69, 9.17) is 14.2 Å². The zero-order chi connectivity index (χ0) is 21.5. The van der Waals surface area contributed by atoms with E-state index in [1.165, 1.54) is 0 Å². The summed E-state index contributed by atoms with van der Waals surface area (Å²) in [5, 5.41) is 6.72. The monoisotopic (exact) mass is 429 g/mol. The Hall–Kier alpha value is -2.16. The van der Waals surface area contributed by atoms with E-state index in [9.17, 15) is 9.59 Å². The lowest BCUT2D eigenvalue weighted by molar-refractivity contribution is -0.140. The second kappa shape index (κ2) is 8.41. The lowest BCUT2D eigenvalue weighted by atomic mass is 9.66. The van der Waals surface area contributed by atoms with Gasteiger partial charge in [-0.2, -0.15) is 0 Å². The maximum Gasteiger partial charge on any atom is 0.238 e. The summed E-state index contributed by atoms with van der Waals surface area (Å²) >= 11 is 0. The molecule has 1 aliphatic carbocycles. The predicted molar refractivity (Wildman–Crippen MR) is 114 cm³/mol. The van der Waals surface area contributed by atoms with Crippen LogP contribution in [0.1, 0.15) is 26.2 Å². The Morgan fingerprint density at radius 2 is 2.10 bits per heavy atom. The van der Waals surface area contributed by atoms with Gasteiger partial charge in [-0.1, -0.05) is 6.92 Å². The molecule has 0 bridgehead atoms. The van der Waals surface area contributed by atoms with Crippen LogP contribution >= 0.6 is 0 Å². The van der Waals surface area contributed by atoms with E-state index in [1.54, 1.807) is 19.2 Å². The first-order chi connectivity index (χ1) is 15.0. The van der Waals surface area contributed by atoms with Crippen molar-refractivity contribution >= 4 is 17.4 Å². The molecule has 1 aromatic rings. The fourth-order valence-electron chi connectivity index (χ4n) is 5.80. The third kappa shape index (κ3) is 4.04. The summed E-state index contributed by atoms with van der Waals surface area (Å²) in [6.07, 6.45) is 2.84. The summed E-state index contributed by atoms with van der Waals surface area (Å²) in [5.41, 5.74) is 0.684. The van der Waals surface area contributed by atoms with Crippen molar-refractivity contribution < 1.29 is 23.8 Å². The number of ketones is 1. The minimum absolute atomic E-state index is 0.0114. The highest BCUT2D eigenvalue weighted by Gasteiger charge is 2.49. The topological polar surface area (TPSA) is 89.1 Å². The summed E-state index contributed by atoms with van der Waals surface area (Å²) < 4.78 is 16.3. The summed E-state index contributed by atoms with van der Waals surface area (Å²) in [4.78, 5) is 28.1. The average Bonchev–Trinajstić information content (AvgIpc) is 3.22. The number of hydrogen-bond donors (Lipinski definition) is 2. The van der Waals surface area contributed by atoms with E-state index in [1.807, 2.05) is 6.07 Å². The molecule has 1 aromatic carbocycles. The first kappa shape index (κ1) is 20.7. The predicted octanol–water partition coefficient (Wildman–Crippen LogP) is 1.65. The Bertz CT molecular complexity index is 862. The van der Waals surface area contributed by atoms with Crippen LogP contribution in [0.2, 0.25) is 0 Å². The molecule has 3 heterocycles. The SMILES string of the molecule is COC1CC(C)C2NC3CCN(CC(=O)Nc4ccc5c(c4)OCO5)CC3C(=O)C2C1. The number of ether oxygens (including phenoxy) is 3. The third-order valence-corrected chi connectivity index (χ3v) is 7.39. The van der Waals surface area contributed by atoms with E-state index in [2.05, 4.69) is 22.5 Å². The highest BCUT2D eigenvalue weighted by molar-refractivity contribution is 5.93. The van der Waals surface area contributed by atoms with Gasteiger partial charge in [0.15, 0.2) is 11.5 Å². The van der Waals surface area contributed by atoms with Gasteiger partial charge in [-0.15, -0.1) is 0 Å². The van der Waals surface area contributed by atoms with Crippen LogP contribution < -0.4 is 20.1 Å². The van der Waals surface area contributed by atoms with E-state index in [0.29, 0.717) is 35.4 Å². The van der Waals surface area contributed by atoms with Crippen molar-refractivity contribution in [3.05, 3.63) is 18.2 Å². The molecule has 8 nitrogen and oxygen atoms in total. The quantitative estimate of drug-likeness (QED) is 0.752. The maximum absolute atomic E-state index is 13.4. The summed E-state index contributed by atoms with van der Waals surface area (Å²) in [6, 6.07) is 5.84. The first-order valence-corrected chi connectivity index (χ1v) is 11.3. The first-order valence-electron chi connectivity index (χ1n) is 11.3. The molecule has 8 heteroatoms. The molecule has 168 valence electrons. The molecule has 2 N–H and O–H groups in total. The molecular formula is C23H31N3O5. The standard InChI is InChI=1S/C23H31N3O5/c1-13-7-15(29-2)9-16-22(13)25-18-5-6-26(10-17(18)23(16)28)11-21(27)24-14-3-4-19-20(8-14)31-12-30-19/h3-4,8,13,15-18,22,25H,5-7,9-12H2,1-2H3,(H,24,27). The second-order valence-electron chi connectivity index (χ2n) is 9.36. The smallest absolute Gasteiger partial charge is 0.238 e. The molecule has 5 rings (SSSR count). The number of Topliss-reactive ketones (excluding diaryl/α,β-unsaturated/α-hetero) is 1. The number of fused-ring (bicyclic) bond motifs is 3. The highest BCUT2D eigenvalue weighted by Crippen LogP contribution is 2.39. The summed E-state index contributed by atoms with van der Waals surface area (Å²) in [7, 11) is 1.74. The molecule has 3 fully saturated rings. The van der Waals surface area contributed by atoms with Gasteiger partial charge in [0.25, 0.3) is 0 Å². The van der Waals surface area contributed by atoms with Crippen LogP contribution in [-0.2, 0) is 14.3 Å². The maximum atomic E-state index is 13.4. The molecule has 6 unspecified atom stereocenters. The lowest BCUT2D eigenvalue weighted by Crippen LogP contribution is -2.66. The number of nitrogens with one attached hydrogen (secondary N) is 2. The van der Waals surface area contributed by atoms with Crippen LogP contribution in [-0.4, -0.2) is 68.3 Å². The molecule has 0 radical (unpaired) electrons. The van der Waals surface area contributed by atoms with Crippen LogP contribution in [0.4, 0.5) is 5.69 Å². The average molecular weight is 430 g/mol. The van der Waals surface area contributed by atoms with Crippen molar-refractivity contribution in [2.75, 3.05) is 38.9 Å². The Labute approximate surface area is 182 Å². The van der Waals surface area contributed by atoms with Crippen LogP contribution in [0.5, 0.6) is 11.5 Å². The van der Waals surface area contributed by atoms with Gasteiger partial charge in [-0.25, -0.2) is 0 Å². The van der Waals surface area contributed by atoms with Gasteiger partial charge in [0.2, 0.25) is 12.7 Å². The normalized spacial score (nSPS) is 34.7. The van der Waals surface area contributed by atoms with Crippen molar-refractivity contribution in [1.82, 2.24) is 10.2 Å². The number of carbonyl (C=O) groups is 2.